The van der Waals surface area contributed by atoms with E-state index in [1.165, 1.54) is 5.56 Å². The summed E-state index contributed by atoms with van der Waals surface area (Å²) in [6.07, 6.45) is 2.73. The minimum Gasteiger partial charge on any atom is -0.497 e. The van der Waals surface area contributed by atoms with Gasteiger partial charge in [-0.05, 0) is 30.2 Å². The number of rotatable bonds is 6. The predicted molar refractivity (Wildman–Crippen MR) is 90.3 cm³/mol. The lowest BCUT2D eigenvalue weighted by atomic mass is 10.1. The molecule has 1 aromatic carbocycles. The van der Waals surface area contributed by atoms with E-state index in [1.807, 2.05) is 18.2 Å². The maximum Gasteiger partial charge on any atom is 0.227 e. The van der Waals surface area contributed by atoms with Gasteiger partial charge in [0.25, 0.3) is 0 Å². The lowest BCUT2D eigenvalue weighted by Gasteiger charge is -2.26. The van der Waals surface area contributed by atoms with Crippen molar-refractivity contribution in [1.29, 1.82) is 0 Å². The smallest absolute Gasteiger partial charge is 0.227 e. The molecule has 6 heteroatoms. The third-order valence-corrected chi connectivity index (χ3v) is 3.82. The second kappa shape index (κ2) is 7.78. The van der Waals surface area contributed by atoms with Gasteiger partial charge < -0.3 is 19.7 Å². The van der Waals surface area contributed by atoms with Crippen molar-refractivity contribution in [3.05, 3.63) is 42.1 Å². The molecule has 0 amide bonds. The third-order valence-electron chi connectivity index (χ3n) is 3.82. The molecule has 0 spiro atoms. The Hall–Kier alpha value is -2.34. The first-order chi connectivity index (χ1) is 11.3. The fraction of sp³-hybridized carbons (Fsp3) is 0.412. The van der Waals surface area contributed by atoms with Crippen LogP contribution in [0, 0.1) is 0 Å². The van der Waals surface area contributed by atoms with Gasteiger partial charge in [0.05, 0.1) is 20.3 Å². The highest BCUT2D eigenvalue weighted by Gasteiger charge is 2.13. The highest BCUT2D eigenvalue weighted by atomic mass is 16.5. The zero-order valence-corrected chi connectivity index (χ0v) is 13.4. The fourth-order valence-electron chi connectivity index (χ4n) is 2.49. The molecule has 6 nitrogen and oxygen atoms in total. The molecule has 122 valence electrons. The van der Waals surface area contributed by atoms with E-state index in [0.717, 1.165) is 56.8 Å². The standard InChI is InChI=1S/C17H22N4O2/c1-22-15-4-2-14(3-5-15)6-8-18-16-7-9-19-17(20-16)21-10-12-23-13-11-21/h2-5,7,9H,6,8,10-13H2,1H3,(H,18,19,20). The molecule has 0 unspecified atom stereocenters. The van der Waals surface area contributed by atoms with Crippen LogP contribution in [0.25, 0.3) is 0 Å². The molecule has 1 aromatic heterocycles. The van der Waals surface area contributed by atoms with Crippen molar-refractivity contribution in [2.24, 2.45) is 0 Å². The second-order valence-corrected chi connectivity index (χ2v) is 5.37. The number of benzene rings is 1. The minimum atomic E-state index is 0.735. The summed E-state index contributed by atoms with van der Waals surface area (Å²) in [6, 6.07) is 10.0. The van der Waals surface area contributed by atoms with Crippen LogP contribution in [0.1, 0.15) is 5.56 Å². The Kier molecular flexibility index (Phi) is 5.26. The quantitative estimate of drug-likeness (QED) is 0.880. The first kappa shape index (κ1) is 15.6. The number of hydrogen-bond donors (Lipinski definition) is 1. The van der Waals surface area contributed by atoms with Gasteiger partial charge in [-0.3, -0.25) is 0 Å². The number of nitrogens with one attached hydrogen (secondary N) is 1. The number of methoxy groups -OCH3 is 1. The Morgan fingerprint density at radius 3 is 2.70 bits per heavy atom. The lowest BCUT2D eigenvalue weighted by Crippen LogP contribution is -2.37. The molecule has 0 atom stereocenters. The van der Waals surface area contributed by atoms with E-state index < -0.39 is 0 Å². The van der Waals surface area contributed by atoms with Crippen LogP contribution in [0.15, 0.2) is 36.5 Å². The largest absolute Gasteiger partial charge is 0.497 e. The molecule has 0 aliphatic carbocycles. The van der Waals surface area contributed by atoms with E-state index in [-0.39, 0.29) is 0 Å². The Morgan fingerprint density at radius 2 is 1.96 bits per heavy atom. The highest BCUT2D eigenvalue weighted by Crippen LogP contribution is 2.14. The van der Waals surface area contributed by atoms with Crippen LogP contribution in [-0.4, -0.2) is 49.9 Å². The summed E-state index contributed by atoms with van der Waals surface area (Å²) in [5, 5.41) is 3.36. The molecule has 1 aliphatic rings. The van der Waals surface area contributed by atoms with Crippen LogP contribution >= 0.6 is 0 Å². The van der Waals surface area contributed by atoms with Crippen molar-refractivity contribution in [3.63, 3.8) is 0 Å². The fourth-order valence-corrected chi connectivity index (χ4v) is 2.49. The van der Waals surface area contributed by atoms with Gasteiger partial charge >= 0.3 is 0 Å². The van der Waals surface area contributed by atoms with Gasteiger partial charge in [0.1, 0.15) is 11.6 Å². The van der Waals surface area contributed by atoms with Crippen LogP contribution in [0.4, 0.5) is 11.8 Å². The molecule has 1 saturated heterocycles. The number of anilines is 2. The van der Waals surface area contributed by atoms with E-state index in [9.17, 15) is 0 Å². The average Bonchev–Trinajstić information content (AvgIpc) is 2.63. The summed E-state index contributed by atoms with van der Waals surface area (Å²) in [6.45, 7) is 3.98. The van der Waals surface area contributed by atoms with Gasteiger partial charge in [0, 0.05) is 25.8 Å². The molecule has 23 heavy (non-hydrogen) atoms. The topological polar surface area (TPSA) is 59.5 Å². The summed E-state index contributed by atoms with van der Waals surface area (Å²) in [4.78, 5) is 11.1. The highest BCUT2D eigenvalue weighted by molar-refractivity contribution is 5.41. The van der Waals surface area contributed by atoms with Gasteiger partial charge in [-0.25, -0.2) is 4.98 Å². The second-order valence-electron chi connectivity index (χ2n) is 5.37. The van der Waals surface area contributed by atoms with E-state index >= 15 is 0 Å². The van der Waals surface area contributed by atoms with Crippen LogP contribution < -0.4 is 15.0 Å². The molecule has 1 aliphatic heterocycles. The first-order valence-corrected chi connectivity index (χ1v) is 7.88. The molecule has 2 aromatic rings. The van der Waals surface area contributed by atoms with Crippen molar-refractivity contribution < 1.29 is 9.47 Å². The normalized spacial score (nSPS) is 14.6. The van der Waals surface area contributed by atoms with Crippen molar-refractivity contribution in [2.75, 3.05) is 50.2 Å². The summed E-state index contributed by atoms with van der Waals surface area (Å²) in [5.74, 6) is 2.51. The monoisotopic (exact) mass is 314 g/mol. The molecule has 0 saturated carbocycles. The van der Waals surface area contributed by atoms with Gasteiger partial charge in [-0.2, -0.15) is 4.98 Å². The Morgan fingerprint density at radius 1 is 1.17 bits per heavy atom. The maximum absolute atomic E-state index is 5.36. The van der Waals surface area contributed by atoms with E-state index in [2.05, 4.69) is 32.3 Å². The Bertz CT molecular complexity index is 612. The zero-order valence-electron chi connectivity index (χ0n) is 13.4. The molecular formula is C17H22N4O2. The van der Waals surface area contributed by atoms with Crippen LogP contribution in [0.2, 0.25) is 0 Å². The summed E-state index contributed by atoms with van der Waals surface area (Å²) < 4.78 is 10.5. The number of hydrogen-bond acceptors (Lipinski definition) is 6. The number of morpholine rings is 1. The molecule has 3 rings (SSSR count). The van der Waals surface area contributed by atoms with Gasteiger partial charge in [-0.1, -0.05) is 12.1 Å². The van der Waals surface area contributed by atoms with Gasteiger partial charge in [-0.15, -0.1) is 0 Å². The first-order valence-electron chi connectivity index (χ1n) is 7.88. The SMILES string of the molecule is COc1ccc(CCNc2ccnc(N3CCOCC3)n2)cc1. The van der Waals surface area contributed by atoms with Crippen LogP contribution in [0.5, 0.6) is 5.75 Å². The van der Waals surface area contributed by atoms with Gasteiger partial charge in [0.2, 0.25) is 5.95 Å². The number of nitrogens with zero attached hydrogens (tertiary/aromatic N) is 3. The predicted octanol–water partition coefficient (Wildman–Crippen LogP) is 1.98. The molecule has 1 fully saturated rings. The maximum atomic E-state index is 5.36. The Labute approximate surface area is 136 Å². The van der Waals surface area contributed by atoms with Gasteiger partial charge in [0.15, 0.2) is 0 Å². The molecule has 0 bridgehead atoms. The number of ether oxygens (including phenoxy) is 2. The van der Waals surface area contributed by atoms with Crippen LogP contribution in [0.3, 0.4) is 0 Å². The van der Waals surface area contributed by atoms with E-state index in [0.29, 0.717) is 0 Å². The van der Waals surface area contributed by atoms with Crippen LogP contribution in [-0.2, 0) is 11.2 Å². The van der Waals surface area contributed by atoms with Crippen molar-refractivity contribution in [2.45, 2.75) is 6.42 Å². The zero-order chi connectivity index (χ0) is 15.9. The number of aromatic nitrogens is 2. The molecule has 1 N–H and O–H groups in total. The third kappa shape index (κ3) is 4.32. The summed E-state index contributed by atoms with van der Waals surface area (Å²) >= 11 is 0. The molecular weight excluding hydrogens is 292 g/mol. The average molecular weight is 314 g/mol. The van der Waals surface area contributed by atoms with Crippen molar-refractivity contribution in [3.8, 4) is 5.75 Å². The summed E-state index contributed by atoms with van der Waals surface area (Å²) in [5.41, 5.74) is 1.26. The van der Waals surface area contributed by atoms with E-state index in [4.69, 9.17) is 9.47 Å². The lowest BCUT2D eigenvalue weighted by molar-refractivity contribution is 0.122. The minimum absolute atomic E-state index is 0.735. The summed E-state index contributed by atoms with van der Waals surface area (Å²) in [7, 11) is 1.68. The molecule has 2 heterocycles. The Balaban J connectivity index is 1.53. The van der Waals surface area contributed by atoms with Crippen molar-refractivity contribution >= 4 is 11.8 Å². The van der Waals surface area contributed by atoms with Crippen molar-refractivity contribution in [1.82, 2.24) is 9.97 Å². The molecule has 0 radical (unpaired) electrons. The van der Waals surface area contributed by atoms with E-state index in [1.54, 1.807) is 13.3 Å².